The first-order valence-electron chi connectivity index (χ1n) is 7.15. The summed E-state index contributed by atoms with van der Waals surface area (Å²) in [6.07, 6.45) is 12.1. The van der Waals surface area contributed by atoms with Crippen molar-refractivity contribution in [2.24, 2.45) is 0 Å². The van der Waals surface area contributed by atoms with Crippen LogP contribution >= 0.6 is 0 Å². The zero-order valence-corrected chi connectivity index (χ0v) is 11.6. The predicted octanol–water partition coefficient (Wildman–Crippen LogP) is 0.568. The molecule has 0 aromatic carbocycles. The zero-order chi connectivity index (χ0) is 14.8. The largest absolute Gasteiger partial charge is 0.477 e. The van der Waals surface area contributed by atoms with Crippen molar-refractivity contribution in [2.45, 2.75) is 6.42 Å². The Morgan fingerprint density at radius 1 is 1.41 bits per heavy atom. The van der Waals surface area contributed by atoms with Crippen LogP contribution in [0.2, 0.25) is 0 Å². The van der Waals surface area contributed by atoms with E-state index in [2.05, 4.69) is 4.98 Å². The quantitative estimate of drug-likeness (QED) is 0.794. The maximum atomic E-state index is 11.7. The Morgan fingerprint density at radius 3 is 3.18 bits per heavy atom. The molecule has 0 radical (unpaired) electrons. The van der Waals surface area contributed by atoms with E-state index >= 15 is 0 Å². The number of nitrogens with zero attached hydrogens (tertiary/aromatic N) is 1. The van der Waals surface area contributed by atoms with Gasteiger partial charge in [-0.2, -0.15) is 0 Å². The number of H-pyrrole nitrogens is 1. The maximum Gasteiger partial charge on any atom is 0.354 e. The Morgan fingerprint density at radius 2 is 2.32 bits per heavy atom. The second-order valence-corrected chi connectivity index (χ2v) is 5.65. The van der Waals surface area contributed by atoms with Gasteiger partial charge in [-0.1, -0.05) is 0 Å². The molecular formula is C17H12N2O3. The molecule has 5 heteroatoms. The molecule has 2 N–H and O–H groups in total. The van der Waals surface area contributed by atoms with E-state index in [0.717, 1.165) is 33.4 Å². The molecule has 0 saturated carbocycles. The molecular weight excluding hydrogens is 280 g/mol. The Hall–Kier alpha value is -2.95. The number of aromatic nitrogens is 1. The lowest BCUT2D eigenvalue weighted by atomic mass is 9.92. The number of carboxylic acids is 1. The molecule has 1 aromatic rings. The monoisotopic (exact) mass is 292 g/mol. The first-order valence-corrected chi connectivity index (χ1v) is 7.15. The topological polar surface area (TPSA) is 65.6 Å². The average Bonchev–Trinajstić information content (AvgIpc) is 3.10. The van der Waals surface area contributed by atoms with Crippen LogP contribution in [-0.2, 0) is 16.0 Å². The summed E-state index contributed by atoms with van der Waals surface area (Å²) in [5.74, 6) is -0.0638. The van der Waals surface area contributed by atoms with E-state index in [0.29, 0.717) is 24.0 Å². The molecule has 0 spiro atoms. The number of carbonyl (C=O) groups is 1. The molecule has 0 unspecified atom stereocenters. The minimum atomic E-state index is -0.910. The zero-order valence-electron chi connectivity index (χ0n) is 11.6. The number of nitrogens with one attached hydrogen (secondary N) is 1. The van der Waals surface area contributed by atoms with Gasteiger partial charge in [0.1, 0.15) is 5.76 Å². The molecule has 5 rings (SSSR count). The fraction of sp³-hybridized carbons (Fsp3) is 0.118. The highest BCUT2D eigenvalue weighted by Gasteiger charge is 2.31. The second kappa shape index (κ2) is 3.82. The lowest BCUT2D eigenvalue weighted by molar-refractivity contribution is -0.131. The van der Waals surface area contributed by atoms with E-state index < -0.39 is 5.97 Å². The van der Waals surface area contributed by atoms with Crippen molar-refractivity contribution in [3.63, 3.8) is 0 Å². The third kappa shape index (κ3) is 1.30. The molecule has 4 aliphatic rings. The predicted molar refractivity (Wildman–Crippen MR) is 80.3 cm³/mol. The molecule has 5 nitrogen and oxygen atoms in total. The van der Waals surface area contributed by atoms with Crippen LogP contribution < -0.4 is 10.6 Å². The van der Waals surface area contributed by atoms with Gasteiger partial charge in [-0.25, -0.2) is 4.79 Å². The first-order chi connectivity index (χ1) is 10.7. The Bertz CT molecular complexity index is 986. The van der Waals surface area contributed by atoms with E-state index in [-0.39, 0.29) is 0 Å². The Kier molecular flexibility index (Phi) is 2.03. The van der Waals surface area contributed by atoms with E-state index in [9.17, 15) is 9.90 Å². The minimum absolute atomic E-state index is 0.316. The van der Waals surface area contributed by atoms with Crippen molar-refractivity contribution in [3.05, 3.63) is 64.4 Å². The van der Waals surface area contributed by atoms with Crippen LogP contribution in [0.4, 0.5) is 0 Å². The summed E-state index contributed by atoms with van der Waals surface area (Å²) in [6, 6.07) is 0. The van der Waals surface area contributed by atoms with Crippen molar-refractivity contribution in [1.29, 1.82) is 0 Å². The third-order valence-corrected chi connectivity index (χ3v) is 4.48. The number of carboxylic acid groups (broad SMARTS) is 1. The first kappa shape index (κ1) is 11.7. The number of aromatic amines is 1. The van der Waals surface area contributed by atoms with Gasteiger partial charge in [0.05, 0.1) is 11.6 Å². The van der Waals surface area contributed by atoms with Crippen molar-refractivity contribution in [2.75, 3.05) is 6.54 Å². The molecule has 4 heterocycles. The number of ether oxygens (including phenoxy) is 1. The summed E-state index contributed by atoms with van der Waals surface area (Å²) in [6.45, 7) is 0.613. The number of allylic oxidation sites excluding steroid dienone is 4. The maximum absolute atomic E-state index is 11.7. The van der Waals surface area contributed by atoms with Crippen molar-refractivity contribution in [1.82, 2.24) is 9.88 Å². The van der Waals surface area contributed by atoms with Crippen LogP contribution in [0.25, 0.3) is 16.8 Å². The van der Waals surface area contributed by atoms with Gasteiger partial charge < -0.3 is 19.7 Å². The molecule has 1 aromatic heterocycles. The third-order valence-electron chi connectivity index (χ3n) is 4.48. The van der Waals surface area contributed by atoms with E-state index in [4.69, 9.17) is 4.74 Å². The average molecular weight is 292 g/mol. The molecule has 0 fully saturated rings. The normalized spacial score (nSPS) is 20.1. The highest BCUT2D eigenvalue weighted by atomic mass is 16.5. The summed E-state index contributed by atoms with van der Waals surface area (Å²) < 4.78 is 5.59. The fourth-order valence-electron chi connectivity index (χ4n) is 3.61. The van der Waals surface area contributed by atoms with E-state index in [1.807, 2.05) is 30.5 Å². The highest BCUT2D eigenvalue weighted by Crippen LogP contribution is 2.32. The Labute approximate surface area is 125 Å². The van der Waals surface area contributed by atoms with Crippen molar-refractivity contribution >= 4 is 22.8 Å². The highest BCUT2D eigenvalue weighted by molar-refractivity contribution is 6.09. The van der Waals surface area contributed by atoms with Crippen molar-refractivity contribution < 1.29 is 14.6 Å². The van der Waals surface area contributed by atoms with Gasteiger partial charge in [0, 0.05) is 41.2 Å². The lowest BCUT2D eigenvalue weighted by Crippen LogP contribution is -2.41. The van der Waals surface area contributed by atoms with Gasteiger partial charge in [0.25, 0.3) is 0 Å². The molecule has 1 aliphatic carbocycles. The summed E-state index contributed by atoms with van der Waals surface area (Å²) in [5, 5.41) is 11.3. The van der Waals surface area contributed by atoms with Gasteiger partial charge in [-0.05, 0) is 29.9 Å². The van der Waals surface area contributed by atoms with Crippen molar-refractivity contribution in [3.8, 4) is 0 Å². The second-order valence-electron chi connectivity index (χ2n) is 5.65. The summed E-state index contributed by atoms with van der Waals surface area (Å²) >= 11 is 0. The van der Waals surface area contributed by atoms with Crippen LogP contribution in [0.1, 0.15) is 11.3 Å². The minimum Gasteiger partial charge on any atom is -0.477 e. The number of hydrogen-bond acceptors (Lipinski definition) is 3. The molecule has 3 aliphatic heterocycles. The smallest absolute Gasteiger partial charge is 0.354 e. The molecule has 0 atom stereocenters. The SMILES string of the molecule is O=C(O)C1=c2[nH]c3c(c2=C2C=CN1C2)C1=CC=COC1=CC3. The van der Waals surface area contributed by atoms with Gasteiger partial charge >= 0.3 is 5.97 Å². The van der Waals surface area contributed by atoms with Gasteiger partial charge in [-0.3, -0.25) is 0 Å². The number of fused-ring (bicyclic) bond motifs is 7. The molecule has 0 saturated heterocycles. The molecule has 108 valence electrons. The summed E-state index contributed by atoms with van der Waals surface area (Å²) in [5.41, 5.74) is 4.61. The van der Waals surface area contributed by atoms with Gasteiger partial charge in [0.15, 0.2) is 5.70 Å². The van der Waals surface area contributed by atoms with Crippen LogP contribution in [0.3, 0.4) is 0 Å². The standard InChI is InChI=1S/C17H12N2O3/c20-17(21)16-15-13(9-5-6-19(16)8-9)14-10-2-1-7-22-12(10)4-3-11(14)18-15/h1-2,4-7,18H,3,8H2,(H,20,21). The molecule has 22 heavy (non-hydrogen) atoms. The summed E-state index contributed by atoms with van der Waals surface area (Å²) in [7, 11) is 0. The fourth-order valence-corrected chi connectivity index (χ4v) is 3.61. The lowest BCUT2D eigenvalue weighted by Gasteiger charge is -2.20. The summed E-state index contributed by atoms with van der Waals surface area (Å²) in [4.78, 5) is 16.8. The van der Waals surface area contributed by atoms with Gasteiger partial charge in [-0.15, -0.1) is 0 Å². The van der Waals surface area contributed by atoms with Gasteiger partial charge in [0.2, 0.25) is 0 Å². The van der Waals surface area contributed by atoms with Crippen LogP contribution in [0, 0.1) is 0 Å². The molecule has 2 bridgehead atoms. The number of aliphatic carboxylic acids is 1. The van der Waals surface area contributed by atoms with E-state index in [1.54, 1.807) is 11.2 Å². The molecule has 0 amide bonds. The van der Waals surface area contributed by atoms with Crippen LogP contribution in [0.5, 0.6) is 0 Å². The Balaban J connectivity index is 1.95. The van der Waals surface area contributed by atoms with Crippen LogP contribution in [0.15, 0.2) is 42.5 Å². The van der Waals surface area contributed by atoms with E-state index in [1.165, 1.54) is 0 Å². The number of rotatable bonds is 1. The number of hydrogen-bond donors (Lipinski definition) is 2. The van der Waals surface area contributed by atoms with Crippen LogP contribution in [-0.4, -0.2) is 27.5 Å².